The molecule has 0 aromatic carbocycles. The van der Waals surface area contributed by atoms with Crippen molar-refractivity contribution in [2.24, 2.45) is 0 Å². The van der Waals surface area contributed by atoms with E-state index in [1.165, 1.54) is 5.57 Å². The maximum atomic E-state index is 11.7. The van der Waals surface area contributed by atoms with E-state index in [2.05, 4.69) is 0 Å². The fourth-order valence-corrected chi connectivity index (χ4v) is 3.28. The van der Waals surface area contributed by atoms with E-state index in [-0.39, 0.29) is 10.7 Å². The van der Waals surface area contributed by atoms with E-state index in [1.54, 1.807) is 0 Å². The van der Waals surface area contributed by atoms with E-state index in [0.29, 0.717) is 19.3 Å². The van der Waals surface area contributed by atoms with Gasteiger partial charge in [0.2, 0.25) is 0 Å². The van der Waals surface area contributed by atoms with Gasteiger partial charge in [0, 0.05) is 28.1 Å². The van der Waals surface area contributed by atoms with Gasteiger partial charge in [0.15, 0.2) is 5.78 Å². The predicted molar refractivity (Wildman–Crippen MR) is 57.5 cm³/mol. The molecule has 16 heavy (non-hydrogen) atoms. The van der Waals surface area contributed by atoms with Crippen molar-refractivity contribution < 1.29 is 9.72 Å². The molecule has 0 amide bonds. The van der Waals surface area contributed by atoms with Crippen molar-refractivity contribution >= 4 is 5.78 Å². The van der Waals surface area contributed by atoms with Crippen molar-refractivity contribution in [2.75, 3.05) is 0 Å². The topological polar surface area (TPSA) is 60.2 Å². The average molecular weight is 219 g/mol. The lowest BCUT2D eigenvalue weighted by molar-refractivity contribution is -0.502. The third-order valence-electron chi connectivity index (χ3n) is 3.99. The Hall–Kier alpha value is -1.45. The molecule has 0 N–H and O–H groups in total. The van der Waals surface area contributed by atoms with E-state index in [4.69, 9.17) is 0 Å². The van der Waals surface area contributed by atoms with Crippen molar-refractivity contribution in [3.63, 3.8) is 0 Å². The van der Waals surface area contributed by atoms with Crippen molar-refractivity contribution in [1.82, 2.24) is 0 Å². The van der Waals surface area contributed by atoms with Crippen LogP contribution in [0.3, 0.4) is 0 Å². The number of rotatable bonds is 1. The van der Waals surface area contributed by atoms with Gasteiger partial charge in [-0.05, 0) is 32.1 Å². The van der Waals surface area contributed by atoms with E-state index in [1.807, 2.05) is 0 Å². The van der Waals surface area contributed by atoms with Gasteiger partial charge in [-0.2, -0.15) is 0 Å². The fraction of sp³-hybridized carbons (Fsp3) is 0.583. The van der Waals surface area contributed by atoms with E-state index >= 15 is 0 Å². The number of hydrogen-bond acceptors (Lipinski definition) is 3. The zero-order valence-electron chi connectivity index (χ0n) is 8.99. The first-order valence-electron chi connectivity index (χ1n) is 5.78. The quantitative estimate of drug-likeness (QED) is 0.386. The molecule has 84 valence electrons. The maximum Gasteiger partial charge on any atom is 0.256 e. The molecule has 0 heterocycles. The largest absolute Gasteiger partial charge is 0.295 e. The lowest BCUT2D eigenvalue weighted by atomic mass is 9.85. The number of Topliss-reactive ketones (excluding diaryl/α,β-unsaturated/α-hetero) is 1. The van der Waals surface area contributed by atoms with Crippen LogP contribution in [0.4, 0.5) is 0 Å². The van der Waals surface area contributed by atoms with Crippen molar-refractivity contribution in [2.45, 2.75) is 44.6 Å². The Morgan fingerprint density at radius 3 is 2.69 bits per heavy atom. The summed E-state index contributed by atoms with van der Waals surface area (Å²) in [6.45, 7) is 0. The van der Waals surface area contributed by atoms with Crippen LogP contribution in [0, 0.1) is 10.1 Å². The summed E-state index contributed by atoms with van der Waals surface area (Å²) in [5.74, 6) is 0.139. The molecular weight excluding hydrogens is 206 g/mol. The second-order valence-electron chi connectivity index (χ2n) is 4.77. The Bertz CT molecular complexity index is 459. The van der Waals surface area contributed by atoms with E-state index in [9.17, 15) is 14.9 Å². The molecule has 1 unspecified atom stereocenters. The monoisotopic (exact) mass is 219 g/mol. The van der Waals surface area contributed by atoms with E-state index < -0.39 is 6.04 Å². The van der Waals surface area contributed by atoms with Crippen LogP contribution >= 0.6 is 0 Å². The first kappa shape index (κ1) is 9.75. The predicted octanol–water partition coefficient (Wildman–Crippen LogP) is 2.18. The second kappa shape index (κ2) is 3.27. The SMILES string of the molecule is O=C1CCC2=C1CC1=C(CCC1)C2[N+](=O)[O-]. The van der Waals surface area contributed by atoms with Gasteiger partial charge < -0.3 is 0 Å². The van der Waals surface area contributed by atoms with Gasteiger partial charge in [-0.25, -0.2) is 0 Å². The number of ketones is 1. The molecule has 3 aliphatic rings. The van der Waals surface area contributed by atoms with Gasteiger partial charge in [0.25, 0.3) is 6.04 Å². The van der Waals surface area contributed by atoms with Gasteiger partial charge in [-0.1, -0.05) is 5.57 Å². The summed E-state index contributed by atoms with van der Waals surface area (Å²) in [5, 5.41) is 11.2. The molecular formula is C12H13NO3. The van der Waals surface area contributed by atoms with Crippen molar-refractivity contribution in [1.29, 1.82) is 0 Å². The minimum Gasteiger partial charge on any atom is -0.295 e. The summed E-state index contributed by atoms with van der Waals surface area (Å²) in [7, 11) is 0. The molecule has 3 rings (SSSR count). The maximum absolute atomic E-state index is 11.7. The number of carbonyl (C=O) groups is 1. The summed E-state index contributed by atoms with van der Waals surface area (Å²) in [6, 6.07) is -0.660. The molecule has 4 heteroatoms. The minimum absolute atomic E-state index is 0.139. The van der Waals surface area contributed by atoms with Crippen LogP contribution in [0.1, 0.15) is 38.5 Å². The van der Waals surface area contributed by atoms with Crippen LogP contribution in [0.25, 0.3) is 0 Å². The van der Waals surface area contributed by atoms with Crippen LogP contribution in [-0.2, 0) is 4.79 Å². The molecule has 0 spiro atoms. The highest BCUT2D eigenvalue weighted by molar-refractivity contribution is 6.00. The van der Waals surface area contributed by atoms with Crippen LogP contribution in [0.5, 0.6) is 0 Å². The molecule has 0 aliphatic heterocycles. The molecule has 0 aromatic heterocycles. The molecule has 3 aliphatic carbocycles. The molecule has 4 nitrogen and oxygen atoms in total. The van der Waals surface area contributed by atoms with Crippen molar-refractivity contribution in [3.8, 4) is 0 Å². The van der Waals surface area contributed by atoms with Crippen LogP contribution in [0.2, 0.25) is 0 Å². The first-order valence-corrected chi connectivity index (χ1v) is 5.78. The molecule has 1 atom stereocenters. The average Bonchev–Trinajstić information content (AvgIpc) is 2.82. The third-order valence-corrected chi connectivity index (χ3v) is 3.99. The zero-order chi connectivity index (χ0) is 11.3. The smallest absolute Gasteiger partial charge is 0.256 e. The van der Waals surface area contributed by atoms with E-state index in [0.717, 1.165) is 36.0 Å². The Morgan fingerprint density at radius 1 is 1.12 bits per heavy atom. The summed E-state index contributed by atoms with van der Waals surface area (Å²) in [5.41, 5.74) is 3.77. The first-order chi connectivity index (χ1) is 7.68. The molecule has 0 fully saturated rings. The number of carbonyl (C=O) groups excluding carboxylic acids is 1. The van der Waals surface area contributed by atoms with Crippen LogP contribution in [0.15, 0.2) is 22.3 Å². The standard InChI is InChI=1S/C12H13NO3/c14-11-5-4-9-10(11)6-7-2-1-3-8(7)12(9)13(15)16/h12H,1-6H2. The highest BCUT2D eigenvalue weighted by atomic mass is 16.6. The number of nitrogens with zero attached hydrogens (tertiary/aromatic N) is 1. The minimum atomic E-state index is -0.660. The van der Waals surface area contributed by atoms with Gasteiger partial charge in [0.1, 0.15) is 0 Å². The highest BCUT2D eigenvalue weighted by Gasteiger charge is 2.43. The lowest BCUT2D eigenvalue weighted by Gasteiger charge is -2.20. The fourth-order valence-electron chi connectivity index (χ4n) is 3.28. The Balaban J connectivity index is 2.08. The highest BCUT2D eigenvalue weighted by Crippen LogP contribution is 2.45. The van der Waals surface area contributed by atoms with Crippen LogP contribution in [-0.4, -0.2) is 16.7 Å². The normalized spacial score (nSPS) is 28.5. The summed E-state index contributed by atoms with van der Waals surface area (Å²) in [4.78, 5) is 22.6. The molecule has 0 aromatic rings. The van der Waals surface area contributed by atoms with Gasteiger partial charge in [-0.15, -0.1) is 0 Å². The van der Waals surface area contributed by atoms with Gasteiger partial charge >= 0.3 is 0 Å². The van der Waals surface area contributed by atoms with Gasteiger partial charge in [0.05, 0.1) is 0 Å². The van der Waals surface area contributed by atoms with Crippen molar-refractivity contribution in [3.05, 3.63) is 32.4 Å². The number of hydrogen-bond donors (Lipinski definition) is 0. The zero-order valence-corrected chi connectivity index (χ0v) is 8.99. The Morgan fingerprint density at radius 2 is 1.94 bits per heavy atom. The summed E-state index contributed by atoms with van der Waals surface area (Å²) < 4.78 is 0. The lowest BCUT2D eigenvalue weighted by Crippen LogP contribution is -2.27. The summed E-state index contributed by atoms with van der Waals surface area (Å²) >= 11 is 0. The summed E-state index contributed by atoms with van der Waals surface area (Å²) in [6.07, 6.45) is 4.61. The number of allylic oxidation sites excluding steroid dienone is 2. The second-order valence-corrected chi connectivity index (χ2v) is 4.77. The Kier molecular flexibility index (Phi) is 1.99. The number of nitro groups is 1. The van der Waals surface area contributed by atoms with Crippen LogP contribution < -0.4 is 0 Å². The third kappa shape index (κ3) is 1.19. The Labute approximate surface area is 93.2 Å². The molecule has 0 saturated carbocycles. The molecule has 0 saturated heterocycles. The van der Waals surface area contributed by atoms with Gasteiger partial charge in [-0.3, -0.25) is 14.9 Å². The molecule has 0 bridgehead atoms. The molecule has 0 radical (unpaired) electrons.